The molecule has 1 amide bonds. The normalized spacial score (nSPS) is 18.7. The highest BCUT2D eigenvalue weighted by Crippen LogP contribution is 2.27. The summed E-state index contributed by atoms with van der Waals surface area (Å²) in [7, 11) is 0. The van der Waals surface area contributed by atoms with Gasteiger partial charge in [0.05, 0.1) is 0 Å². The van der Waals surface area contributed by atoms with Crippen molar-refractivity contribution in [2.45, 2.75) is 38.6 Å². The fourth-order valence-electron chi connectivity index (χ4n) is 2.41. The van der Waals surface area contributed by atoms with Crippen LogP contribution in [0.3, 0.4) is 0 Å². The molecule has 1 heterocycles. The first-order valence-electron chi connectivity index (χ1n) is 7.22. The molecule has 2 N–H and O–H groups in total. The molecule has 1 atom stereocenters. The van der Waals surface area contributed by atoms with Crippen molar-refractivity contribution in [1.82, 2.24) is 0 Å². The zero-order valence-corrected chi connectivity index (χ0v) is 13.0. The first kappa shape index (κ1) is 16.8. The number of hydrogen-bond donors (Lipinski definition) is 1. The van der Waals surface area contributed by atoms with Crippen molar-refractivity contribution in [3.63, 3.8) is 0 Å². The number of esters is 2. The van der Waals surface area contributed by atoms with Crippen LogP contribution in [0.1, 0.15) is 25.8 Å². The van der Waals surface area contributed by atoms with Crippen molar-refractivity contribution < 1.29 is 28.6 Å². The zero-order chi connectivity index (χ0) is 17.0. The molecule has 2 rings (SSSR count). The van der Waals surface area contributed by atoms with Crippen molar-refractivity contribution in [3.8, 4) is 0 Å². The molecular formula is C16H19NO6. The van der Waals surface area contributed by atoms with Gasteiger partial charge in [-0.3, -0.25) is 9.59 Å². The summed E-state index contributed by atoms with van der Waals surface area (Å²) in [6, 6.07) is 9.21. The average Bonchev–Trinajstić information content (AvgIpc) is 2.42. The van der Waals surface area contributed by atoms with E-state index >= 15 is 0 Å². The molecule has 1 unspecified atom stereocenters. The van der Waals surface area contributed by atoms with Crippen molar-refractivity contribution in [2.75, 3.05) is 0 Å². The highest BCUT2D eigenvalue weighted by atomic mass is 16.7. The van der Waals surface area contributed by atoms with Crippen LogP contribution >= 0.6 is 0 Å². The van der Waals surface area contributed by atoms with E-state index < -0.39 is 35.8 Å². The second kappa shape index (κ2) is 6.68. The van der Waals surface area contributed by atoms with Crippen LogP contribution in [-0.2, 0) is 30.2 Å². The summed E-state index contributed by atoms with van der Waals surface area (Å²) in [6.45, 7) is 2.95. The van der Waals surface area contributed by atoms with Crippen LogP contribution < -0.4 is 5.73 Å². The SMILES string of the molecule is CC1(C)OC(=O)C(CC(Cc2ccccc2)OC(N)=O)C(=O)O1. The first-order chi connectivity index (χ1) is 10.8. The summed E-state index contributed by atoms with van der Waals surface area (Å²) >= 11 is 0. The summed E-state index contributed by atoms with van der Waals surface area (Å²) in [6.07, 6.45) is -1.43. The molecule has 23 heavy (non-hydrogen) atoms. The highest BCUT2D eigenvalue weighted by Gasteiger charge is 2.44. The molecule has 0 aliphatic carbocycles. The first-order valence-corrected chi connectivity index (χ1v) is 7.22. The molecule has 1 saturated heterocycles. The lowest BCUT2D eigenvalue weighted by atomic mass is 9.96. The smallest absolute Gasteiger partial charge is 0.404 e. The third-order valence-corrected chi connectivity index (χ3v) is 3.35. The molecule has 0 saturated carbocycles. The third kappa shape index (κ3) is 4.70. The van der Waals surface area contributed by atoms with E-state index in [-0.39, 0.29) is 6.42 Å². The largest absolute Gasteiger partial charge is 0.446 e. The molecule has 1 aromatic rings. The number of nitrogens with two attached hydrogens (primary N) is 1. The lowest BCUT2D eigenvalue weighted by Gasteiger charge is -2.33. The van der Waals surface area contributed by atoms with Crippen LogP contribution in [0.2, 0.25) is 0 Å². The Labute approximate surface area is 133 Å². The van der Waals surface area contributed by atoms with Gasteiger partial charge in [0.2, 0.25) is 0 Å². The Morgan fingerprint density at radius 1 is 1.22 bits per heavy atom. The quantitative estimate of drug-likeness (QED) is 0.651. The summed E-state index contributed by atoms with van der Waals surface area (Å²) < 4.78 is 15.1. The number of ether oxygens (including phenoxy) is 3. The van der Waals surface area contributed by atoms with Gasteiger partial charge < -0.3 is 19.9 Å². The Bertz CT molecular complexity index is 578. The van der Waals surface area contributed by atoms with Gasteiger partial charge in [-0.1, -0.05) is 30.3 Å². The monoisotopic (exact) mass is 321 g/mol. The molecule has 124 valence electrons. The van der Waals surface area contributed by atoms with Gasteiger partial charge in [-0.05, 0) is 5.56 Å². The van der Waals surface area contributed by atoms with Crippen molar-refractivity contribution >= 4 is 18.0 Å². The molecule has 7 heteroatoms. The minimum absolute atomic E-state index is 0.0500. The van der Waals surface area contributed by atoms with Crippen molar-refractivity contribution in [2.24, 2.45) is 11.7 Å². The molecule has 1 aromatic carbocycles. The molecule has 1 aliphatic heterocycles. The number of amides is 1. The molecular weight excluding hydrogens is 302 g/mol. The predicted molar refractivity (Wildman–Crippen MR) is 79.0 cm³/mol. The molecule has 0 bridgehead atoms. The minimum atomic E-state index is -1.29. The fourth-order valence-corrected chi connectivity index (χ4v) is 2.41. The lowest BCUT2D eigenvalue weighted by Crippen LogP contribution is -2.47. The topological polar surface area (TPSA) is 105 Å². The van der Waals surface area contributed by atoms with Gasteiger partial charge in [-0.2, -0.15) is 0 Å². The number of carbonyl (C=O) groups excluding carboxylic acids is 3. The van der Waals surface area contributed by atoms with Crippen LogP contribution in [0, 0.1) is 5.92 Å². The Kier molecular flexibility index (Phi) is 4.88. The summed E-state index contributed by atoms with van der Waals surface area (Å²) in [5.74, 6) is -3.82. The van der Waals surface area contributed by atoms with Gasteiger partial charge in [-0.25, -0.2) is 4.79 Å². The van der Waals surface area contributed by atoms with Crippen LogP contribution in [0.5, 0.6) is 0 Å². The number of hydrogen-bond acceptors (Lipinski definition) is 6. The van der Waals surface area contributed by atoms with Gasteiger partial charge in [0, 0.05) is 26.7 Å². The number of rotatable bonds is 5. The Hall–Kier alpha value is -2.57. The average molecular weight is 321 g/mol. The van der Waals surface area contributed by atoms with E-state index in [9.17, 15) is 14.4 Å². The molecule has 0 radical (unpaired) electrons. The van der Waals surface area contributed by atoms with Gasteiger partial charge >= 0.3 is 18.0 Å². The van der Waals surface area contributed by atoms with Gasteiger partial charge in [0.25, 0.3) is 5.79 Å². The lowest BCUT2D eigenvalue weighted by molar-refractivity contribution is -0.241. The van der Waals surface area contributed by atoms with E-state index in [1.165, 1.54) is 13.8 Å². The maximum absolute atomic E-state index is 12.0. The Balaban J connectivity index is 2.09. The highest BCUT2D eigenvalue weighted by molar-refractivity contribution is 5.96. The Morgan fingerprint density at radius 2 is 1.78 bits per heavy atom. The van der Waals surface area contributed by atoms with E-state index in [2.05, 4.69) is 0 Å². The van der Waals surface area contributed by atoms with Crippen LogP contribution in [-0.4, -0.2) is 29.9 Å². The number of cyclic esters (lactones) is 2. The van der Waals surface area contributed by atoms with E-state index in [0.717, 1.165) is 5.56 Å². The minimum Gasteiger partial charge on any atom is -0.446 e. The summed E-state index contributed by atoms with van der Waals surface area (Å²) in [4.78, 5) is 35.1. The summed E-state index contributed by atoms with van der Waals surface area (Å²) in [5.41, 5.74) is 5.96. The maximum atomic E-state index is 12.0. The zero-order valence-electron chi connectivity index (χ0n) is 13.0. The second-order valence-corrected chi connectivity index (χ2v) is 5.78. The van der Waals surface area contributed by atoms with E-state index in [0.29, 0.717) is 6.42 Å². The molecule has 0 spiro atoms. The van der Waals surface area contributed by atoms with Crippen LogP contribution in [0.15, 0.2) is 30.3 Å². The molecule has 1 fully saturated rings. The Morgan fingerprint density at radius 3 is 2.30 bits per heavy atom. The van der Waals surface area contributed by atoms with E-state index in [4.69, 9.17) is 19.9 Å². The standard InChI is InChI=1S/C16H19NO6/c1-16(2)22-13(18)12(14(19)23-16)9-11(21-15(17)20)8-10-6-4-3-5-7-10/h3-7,11-12H,8-9H2,1-2H3,(H2,17,20). The number of primary amides is 1. The van der Waals surface area contributed by atoms with Gasteiger partial charge in [0.15, 0.2) is 5.92 Å². The number of benzene rings is 1. The third-order valence-electron chi connectivity index (χ3n) is 3.35. The fraction of sp³-hybridized carbons (Fsp3) is 0.438. The summed E-state index contributed by atoms with van der Waals surface area (Å²) in [5, 5.41) is 0. The van der Waals surface area contributed by atoms with Crippen molar-refractivity contribution in [1.29, 1.82) is 0 Å². The van der Waals surface area contributed by atoms with E-state index in [1.807, 2.05) is 30.3 Å². The van der Waals surface area contributed by atoms with Gasteiger partial charge in [0.1, 0.15) is 6.10 Å². The van der Waals surface area contributed by atoms with E-state index in [1.54, 1.807) is 0 Å². The predicted octanol–water partition coefficient (Wildman–Crippen LogP) is 1.54. The molecule has 1 aliphatic rings. The second-order valence-electron chi connectivity index (χ2n) is 5.78. The van der Waals surface area contributed by atoms with Gasteiger partial charge in [-0.15, -0.1) is 0 Å². The van der Waals surface area contributed by atoms with Crippen LogP contribution in [0.4, 0.5) is 4.79 Å². The van der Waals surface area contributed by atoms with Crippen molar-refractivity contribution in [3.05, 3.63) is 35.9 Å². The molecule has 0 aromatic heterocycles. The maximum Gasteiger partial charge on any atom is 0.404 e. The number of carbonyl (C=O) groups is 3. The van der Waals surface area contributed by atoms with Crippen LogP contribution in [0.25, 0.3) is 0 Å². The molecule has 7 nitrogen and oxygen atoms in total.